The minimum absolute atomic E-state index is 0.0367. The molecule has 0 aromatic carbocycles. The molecule has 1 fully saturated rings. The Kier molecular flexibility index (Phi) is 4.81. The number of hydrogen-bond donors (Lipinski definition) is 0. The summed E-state index contributed by atoms with van der Waals surface area (Å²) in [6.45, 7) is 3.63. The SMILES string of the molecule is CCCC(C#N)C(=O)N1CCSCC1. The highest BCUT2D eigenvalue weighted by molar-refractivity contribution is 7.99. The maximum absolute atomic E-state index is 11.8. The van der Waals surface area contributed by atoms with E-state index in [9.17, 15) is 4.79 Å². The van der Waals surface area contributed by atoms with E-state index in [0.717, 1.165) is 31.0 Å². The number of rotatable bonds is 3. The zero-order chi connectivity index (χ0) is 10.4. The molecule has 0 spiro atoms. The van der Waals surface area contributed by atoms with Crippen LogP contribution in [0, 0.1) is 17.2 Å². The second-order valence-electron chi connectivity index (χ2n) is 3.41. The van der Waals surface area contributed by atoms with Gasteiger partial charge in [0.25, 0.3) is 0 Å². The van der Waals surface area contributed by atoms with Crippen LogP contribution in [0.15, 0.2) is 0 Å². The van der Waals surface area contributed by atoms with Crippen LogP contribution in [0.1, 0.15) is 19.8 Å². The third kappa shape index (κ3) is 2.91. The van der Waals surface area contributed by atoms with Crippen LogP contribution in [0.2, 0.25) is 0 Å². The van der Waals surface area contributed by atoms with Gasteiger partial charge in [-0.05, 0) is 6.42 Å². The van der Waals surface area contributed by atoms with Gasteiger partial charge in [-0.15, -0.1) is 0 Å². The molecule has 1 unspecified atom stereocenters. The fourth-order valence-electron chi connectivity index (χ4n) is 1.54. The summed E-state index contributed by atoms with van der Waals surface area (Å²) in [6.07, 6.45) is 1.59. The quantitative estimate of drug-likeness (QED) is 0.712. The number of amides is 1. The normalized spacial score (nSPS) is 18.7. The zero-order valence-electron chi connectivity index (χ0n) is 8.53. The number of nitrogens with zero attached hydrogens (tertiary/aromatic N) is 2. The Balaban J connectivity index is 2.48. The first kappa shape index (κ1) is 11.4. The Morgan fingerprint density at radius 2 is 2.21 bits per heavy atom. The van der Waals surface area contributed by atoms with Gasteiger partial charge in [-0.2, -0.15) is 17.0 Å². The van der Waals surface area contributed by atoms with Crippen molar-refractivity contribution in [1.29, 1.82) is 5.26 Å². The molecular formula is C10H16N2OS. The van der Waals surface area contributed by atoms with E-state index in [1.807, 2.05) is 23.6 Å². The van der Waals surface area contributed by atoms with Gasteiger partial charge in [-0.3, -0.25) is 4.79 Å². The van der Waals surface area contributed by atoms with Crippen LogP contribution < -0.4 is 0 Å². The summed E-state index contributed by atoms with van der Waals surface area (Å²) < 4.78 is 0. The molecule has 0 aliphatic carbocycles. The summed E-state index contributed by atoms with van der Waals surface area (Å²) in [5.41, 5.74) is 0. The smallest absolute Gasteiger partial charge is 0.239 e. The van der Waals surface area contributed by atoms with Gasteiger partial charge in [0, 0.05) is 24.6 Å². The average molecular weight is 212 g/mol. The van der Waals surface area contributed by atoms with Crippen LogP contribution in [0.3, 0.4) is 0 Å². The molecule has 0 bridgehead atoms. The van der Waals surface area contributed by atoms with Gasteiger partial charge in [0.15, 0.2) is 0 Å². The molecule has 4 heteroatoms. The highest BCUT2D eigenvalue weighted by atomic mass is 32.2. The first-order chi connectivity index (χ1) is 6.79. The van der Waals surface area contributed by atoms with Crippen LogP contribution in [-0.4, -0.2) is 35.4 Å². The lowest BCUT2D eigenvalue weighted by Gasteiger charge is -2.28. The standard InChI is InChI=1S/C10H16N2OS/c1-2-3-9(8-11)10(13)12-4-6-14-7-5-12/h9H,2-7H2,1H3. The molecule has 0 aromatic rings. The fourth-order valence-corrected chi connectivity index (χ4v) is 2.44. The van der Waals surface area contributed by atoms with Gasteiger partial charge in [-0.25, -0.2) is 0 Å². The summed E-state index contributed by atoms with van der Waals surface area (Å²) in [5.74, 6) is 1.64. The highest BCUT2D eigenvalue weighted by Crippen LogP contribution is 2.14. The Morgan fingerprint density at radius 1 is 1.57 bits per heavy atom. The number of hydrogen-bond acceptors (Lipinski definition) is 3. The summed E-state index contributed by atoms with van der Waals surface area (Å²) in [4.78, 5) is 13.6. The van der Waals surface area contributed by atoms with Gasteiger partial charge in [-0.1, -0.05) is 13.3 Å². The van der Waals surface area contributed by atoms with Crippen molar-refractivity contribution in [3.63, 3.8) is 0 Å². The molecule has 0 aromatic heterocycles. The lowest BCUT2D eigenvalue weighted by Crippen LogP contribution is -2.41. The third-order valence-corrected chi connectivity index (χ3v) is 3.30. The Morgan fingerprint density at radius 3 is 2.71 bits per heavy atom. The second kappa shape index (κ2) is 5.92. The van der Waals surface area contributed by atoms with Crippen molar-refractivity contribution >= 4 is 17.7 Å². The summed E-state index contributed by atoms with van der Waals surface area (Å²) in [6, 6.07) is 2.10. The molecule has 0 N–H and O–H groups in total. The van der Waals surface area contributed by atoms with Crippen LogP contribution in [0.25, 0.3) is 0 Å². The Hall–Kier alpha value is -0.690. The van der Waals surface area contributed by atoms with Crippen molar-refractivity contribution < 1.29 is 4.79 Å². The number of nitriles is 1. The Labute approximate surface area is 89.5 Å². The lowest BCUT2D eigenvalue weighted by atomic mass is 10.0. The minimum atomic E-state index is -0.414. The molecule has 0 saturated carbocycles. The van der Waals surface area contributed by atoms with Gasteiger partial charge in [0.2, 0.25) is 5.91 Å². The first-order valence-electron chi connectivity index (χ1n) is 5.05. The van der Waals surface area contributed by atoms with Crippen LogP contribution in [0.4, 0.5) is 0 Å². The van der Waals surface area contributed by atoms with Gasteiger partial charge in [0.1, 0.15) is 5.92 Å². The predicted molar refractivity (Wildman–Crippen MR) is 57.9 cm³/mol. The first-order valence-corrected chi connectivity index (χ1v) is 6.21. The molecule has 1 amide bonds. The summed E-state index contributed by atoms with van der Waals surface area (Å²) in [5, 5.41) is 8.86. The van der Waals surface area contributed by atoms with E-state index in [-0.39, 0.29) is 5.91 Å². The second-order valence-corrected chi connectivity index (χ2v) is 4.63. The molecule has 14 heavy (non-hydrogen) atoms. The molecule has 78 valence electrons. The number of carbonyl (C=O) groups excluding carboxylic acids is 1. The molecule has 0 radical (unpaired) electrons. The molecule has 3 nitrogen and oxygen atoms in total. The van der Waals surface area contributed by atoms with Crippen LogP contribution >= 0.6 is 11.8 Å². The maximum Gasteiger partial charge on any atom is 0.239 e. The van der Waals surface area contributed by atoms with Crippen molar-refractivity contribution in [2.75, 3.05) is 24.6 Å². The van der Waals surface area contributed by atoms with E-state index in [2.05, 4.69) is 6.07 Å². The highest BCUT2D eigenvalue weighted by Gasteiger charge is 2.24. The summed E-state index contributed by atoms with van der Waals surface area (Å²) >= 11 is 1.87. The number of carbonyl (C=O) groups is 1. The van der Waals surface area contributed by atoms with Gasteiger partial charge >= 0.3 is 0 Å². The van der Waals surface area contributed by atoms with Crippen molar-refractivity contribution in [2.24, 2.45) is 5.92 Å². The minimum Gasteiger partial charge on any atom is -0.340 e. The van der Waals surface area contributed by atoms with Crippen molar-refractivity contribution in [1.82, 2.24) is 4.90 Å². The molecule has 1 aliphatic rings. The van der Waals surface area contributed by atoms with E-state index >= 15 is 0 Å². The molecule has 1 rings (SSSR count). The Bertz CT molecular complexity index is 231. The van der Waals surface area contributed by atoms with E-state index in [1.165, 1.54) is 0 Å². The zero-order valence-corrected chi connectivity index (χ0v) is 9.35. The summed E-state index contributed by atoms with van der Waals surface area (Å²) in [7, 11) is 0. The van der Waals surface area contributed by atoms with E-state index < -0.39 is 5.92 Å². The monoisotopic (exact) mass is 212 g/mol. The molecule has 1 heterocycles. The average Bonchev–Trinajstić information content (AvgIpc) is 2.26. The molecular weight excluding hydrogens is 196 g/mol. The maximum atomic E-state index is 11.8. The molecule has 1 aliphatic heterocycles. The van der Waals surface area contributed by atoms with Gasteiger partial charge < -0.3 is 4.90 Å². The van der Waals surface area contributed by atoms with Crippen LogP contribution in [-0.2, 0) is 4.79 Å². The largest absolute Gasteiger partial charge is 0.340 e. The van der Waals surface area contributed by atoms with Crippen molar-refractivity contribution in [3.05, 3.63) is 0 Å². The molecule has 1 saturated heterocycles. The van der Waals surface area contributed by atoms with Crippen molar-refractivity contribution in [2.45, 2.75) is 19.8 Å². The van der Waals surface area contributed by atoms with E-state index in [0.29, 0.717) is 6.42 Å². The van der Waals surface area contributed by atoms with Crippen molar-refractivity contribution in [3.8, 4) is 6.07 Å². The fraction of sp³-hybridized carbons (Fsp3) is 0.800. The lowest BCUT2D eigenvalue weighted by molar-refractivity contribution is -0.133. The van der Waals surface area contributed by atoms with Crippen LogP contribution in [0.5, 0.6) is 0 Å². The predicted octanol–water partition coefficient (Wildman–Crippen LogP) is 1.50. The van der Waals surface area contributed by atoms with E-state index in [4.69, 9.17) is 5.26 Å². The topological polar surface area (TPSA) is 44.1 Å². The van der Waals surface area contributed by atoms with E-state index in [1.54, 1.807) is 0 Å². The third-order valence-electron chi connectivity index (χ3n) is 2.35. The number of thioether (sulfide) groups is 1. The van der Waals surface area contributed by atoms with Gasteiger partial charge in [0.05, 0.1) is 6.07 Å². The molecule has 1 atom stereocenters.